The van der Waals surface area contributed by atoms with Gasteiger partial charge in [-0.3, -0.25) is 0 Å². The van der Waals surface area contributed by atoms with Gasteiger partial charge in [0.25, 0.3) is 0 Å². The Kier molecular flexibility index (Phi) is 4.42. The Morgan fingerprint density at radius 1 is 1.09 bits per heavy atom. The Morgan fingerprint density at radius 3 is 2.73 bits per heavy atom. The third-order valence-corrected chi connectivity index (χ3v) is 3.84. The quantitative estimate of drug-likeness (QED) is 0.642. The molecule has 0 bridgehead atoms. The van der Waals surface area contributed by atoms with Gasteiger partial charge < -0.3 is 9.72 Å². The van der Waals surface area contributed by atoms with E-state index in [1.807, 2.05) is 30.3 Å². The highest BCUT2D eigenvalue weighted by Gasteiger charge is 2.07. The van der Waals surface area contributed by atoms with E-state index in [4.69, 9.17) is 4.74 Å². The summed E-state index contributed by atoms with van der Waals surface area (Å²) in [4.78, 5) is 8.01. The van der Waals surface area contributed by atoms with Gasteiger partial charge in [0, 0.05) is 5.56 Å². The van der Waals surface area contributed by atoms with Crippen LogP contribution in [0.15, 0.2) is 42.5 Å². The molecule has 3 aromatic rings. The number of aryl methyl sites for hydroxylation is 1. The van der Waals surface area contributed by atoms with Gasteiger partial charge in [0.05, 0.1) is 17.6 Å². The summed E-state index contributed by atoms with van der Waals surface area (Å²) in [6.07, 6.45) is 3.55. The molecule has 0 unspecified atom stereocenters. The molecule has 3 heteroatoms. The molecule has 114 valence electrons. The SMILES string of the molecule is CCCCCOc1ccc(-c2nc3ccccc3[nH]2)cc1C. The minimum Gasteiger partial charge on any atom is -0.493 e. The second-order valence-corrected chi connectivity index (χ2v) is 5.64. The van der Waals surface area contributed by atoms with Crippen LogP contribution in [-0.4, -0.2) is 16.6 Å². The topological polar surface area (TPSA) is 37.9 Å². The van der Waals surface area contributed by atoms with Gasteiger partial charge in [-0.2, -0.15) is 0 Å². The van der Waals surface area contributed by atoms with Crippen LogP contribution in [0.5, 0.6) is 5.75 Å². The van der Waals surface area contributed by atoms with Crippen LogP contribution in [0.25, 0.3) is 22.4 Å². The summed E-state index contributed by atoms with van der Waals surface area (Å²) in [6, 6.07) is 14.3. The minimum absolute atomic E-state index is 0.790. The Labute approximate surface area is 131 Å². The normalized spacial score (nSPS) is 11.0. The summed E-state index contributed by atoms with van der Waals surface area (Å²) in [5, 5.41) is 0. The van der Waals surface area contributed by atoms with Crippen molar-refractivity contribution in [2.45, 2.75) is 33.1 Å². The van der Waals surface area contributed by atoms with Crippen molar-refractivity contribution in [3.8, 4) is 17.1 Å². The van der Waals surface area contributed by atoms with E-state index in [0.717, 1.165) is 46.8 Å². The number of ether oxygens (including phenoxy) is 1. The maximum Gasteiger partial charge on any atom is 0.138 e. The number of nitrogens with zero attached hydrogens (tertiary/aromatic N) is 1. The zero-order valence-electron chi connectivity index (χ0n) is 13.2. The third kappa shape index (κ3) is 3.14. The number of imidazole rings is 1. The number of hydrogen-bond donors (Lipinski definition) is 1. The molecule has 0 aliphatic carbocycles. The van der Waals surface area contributed by atoms with Gasteiger partial charge in [0.2, 0.25) is 0 Å². The maximum atomic E-state index is 5.86. The first-order valence-electron chi connectivity index (χ1n) is 7.96. The molecule has 1 N–H and O–H groups in total. The molecule has 0 aliphatic rings. The van der Waals surface area contributed by atoms with Crippen LogP contribution < -0.4 is 4.74 Å². The van der Waals surface area contributed by atoms with Crippen LogP contribution in [0.1, 0.15) is 31.7 Å². The molecule has 0 saturated heterocycles. The Morgan fingerprint density at radius 2 is 1.95 bits per heavy atom. The smallest absolute Gasteiger partial charge is 0.138 e. The molecule has 1 aromatic heterocycles. The van der Waals surface area contributed by atoms with Crippen molar-refractivity contribution in [3.05, 3.63) is 48.0 Å². The van der Waals surface area contributed by atoms with Gasteiger partial charge >= 0.3 is 0 Å². The molecule has 3 nitrogen and oxygen atoms in total. The monoisotopic (exact) mass is 294 g/mol. The van der Waals surface area contributed by atoms with Crippen LogP contribution in [0.2, 0.25) is 0 Å². The van der Waals surface area contributed by atoms with Gasteiger partial charge in [0.1, 0.15) is 11.6 Å². The average Bonchev–Trinajstić information content (AvgIpc) is 2.97. The Hall–Kier alpha value is -2.29. The number of para-hydroxylation sites is 2. The standard InChI is InChI=1S/C19H22N2O/c1-3-4-7-12-22-18-11-10-15(13-14(18)2)19-20-16-8-5-6-9-17(16)21-19/h5-6,8-11,13H,3-4,7,12H2,1-2H3,(H,20,21). The van der Waals surface area contributed by atoms with Crippen molar-refractivity contribution in [1.82, 2.24) is 9.97 Å². The van der Waals surface area contributed by atoms with E-state index in [-0.39, 0.29) is 0 Å². The van der Waals surface area contributed by atoms with E-state index >= 15 is 0 Å². The second-order valence-electron chi connectivity index (χ2n) is 5.64. The lowest BCUT2D eigenvalue weighted by molar-refractivity contribution is 0.304. The number of rotatable bonds is 6. The molecule has 1 heterocycles. The summed E-state index contributed by atoms with van der Waals surface area (Å²) < 4.78 is 5.86. The lowest BCUT2D eigenvalue weighted by atomic mass is 10.1. The second kappa shape index (κ2) is 6.65. The van der Waals surface area contributed by atoms with Crippen LogP contribution in [0.4, 0.5) is 0 Å². The van der Waals surface area contributed by atoms with Crippen molar-refractivity contribution < 1.29 is 4.74 Å². The number of hydrogen-bond acceptors (Lipinski definition) is 2. The predicted molar refractivity (Wildman–Crippen MR) is 91.3 cm³/mol. The van der Waals surface area contributed by atoms with Gasteiger partial charge in [-0.05, 0) is 49.2 Å². The fourth-order valence-electron chi connectivity index (χ4n) is 2.58. The molecule has 2 aromatic carbocycles. The largest absolute Gasteiger partial charge is 0.493 e. The first-order chi connectivity index (χ1) is 10.8. The lowest BCUT2D eigenvalue weighted by Crippen LogP contribution is -1.98. The van der Waals surface area contributed by atoms with Crippen LogP contribution in [0.3, 0.4) is 0 Å². The van der Waals surface area contributed by atoms with Crippen molar-refractivity contribution in [3.63, 3.8) is 0 Å². The van der Waals surface area contributed by atoms with Crippen molar-refractivity contribution in [2.24, 2.45) is 0 Å². The Balaban J connectivity index is 1.79. The molecule has 0 aliphatic heterocycles. The fourth-order valence-corrected chi connectivity index (χ4v) is 2.58. The van der Waals surface area contributed by atoms with E-state index in [0.29, 0.717) is 0 Å². The van der Waals surface area contributed by atoms with E-state index in [2.05, 4.69) is 35.9 Å². The van der Waals surface area contributed by atoms with Crippen LogP contribution in [-0.2, 0) is 0 Å². The molecule has 0 amide bonds. The van der Waals surface area contributed by atoms with Gasteiger partial charge in [-0.1, -0.05) is 31.9 Å². The number of fused-ring (bicyclic) bond motifs is 1. The number of aromatic amines is 1. The lowest BCUT2D eigenvalue weighted by Gasteiger charge is -2.09. The van der Waals surface area contributed by atoms with Crippen molar-refractivity contribution >= 4 is 11.0 Å². The highest BCUT2D eigenvalue weighted by Crippen LogP contribution is 2.26. The highest BCUT2D eigenvalue weighted by atomic mass is 16.5. The van der Waals surface area contributed by atoms with E-state index in [1.165, 1.54) is 12.8 Å². The van der Waals surface area contributed by atoms with Crippen molar-refractivity contribution in [1.29, 1.82) is 0 Å². The summed E-state index contributed by atoms with van der Waals surface area (Å²) in [5.41, 5.74) is 4.30. The van der Waals surface area contributed by atoms with Crippen LogP contribution >= 0.6 is 0 Å². The number of aromatic nitrogens is 2. The predicted octanol–water partition coefficient (Wildman–Crippen LogP) is 5.11. The zero-order valence-corrected chi connectivity index (χ0v) is 13.2. The molecule has 0 atom stereocenters. The molecule has 3 rings (SSSR count). The molecule has 22 heavy (non-hydrogen) atoms. The molecule has 0 radical (unpaired) electrons. The van der Waals surface area contributed by atoms with Gasteiger partial charge in [0.15, 0.2) is 0 Å². The van der Waals surface area contributed by atoms with E-state index in [1.54, 1.807) is 0 Å². The number of H-pyrrole nitrogens is 1. The molecular weight excluding hydrogens is 272 g/mol. The summed E-state index contributed by atoms with van der Waals surface area (Å²) in [7, 11) is 0. The number of nitrogens with one attached hydrogen (secondary N) is 1. The van der Waals surface area contributed by atoms with Crippen molar-refractivity contribution in [2.75, 3.05) is 6.61 Å². The molecule has 0 saturated carbocycles. The average molecular weight is 294 g/mol. The van der Waals surface area contributed by atoms with E-state index < -0.39 is 0 Å². The van der Waals surface area contributed by atoms with Gasteiger partial charge in [-0.15, -0.1) is 0 Å². The fraction of sp³-hybridized carbons (Fsp3) is 0.316. The first-order valence-corrected chi connectivity index (χ1v) is 7.96. The third-order valence-electron chi connectivity index (χ3n) is 3.84. The van der Waals surface area contributed by atoms with E-state index in [9.17, 15) is 0 Å². The summed E-state index contributed by atoms with van der Waals surface area (Å²) in [5.74, 6) is 1.87. The number of benzene rings is 2. The molecule has 0 spiro atoms. The first kappa shape index (κ1) is 14.6. The van der Waals surface area contributed by atoms with Gasteiger partial charge in [-0.25, -0.2) is 4.98 Å². The Bertz CT molecular complexity index is 728. The maximum absolute atomic E-state index is 5.86. The highest BCUT2D eigenvalue weighted by molar-refractivity contribution is 5.79. The minimum atomic E-state index is 0.790. The molecular formula is C19H22N2O. The zero-order chi connectivity index (χ0) is 15.4. The molecule has 0 fully saturated rings. The number of unbranched alkanes of at least 4 members (excludes halogenated alkanes) is 2. The summed E-state index contributed by atoms with van der Waals surface area (Å²) >= 11 is 0. The summed E-state index contributed by atoms with van der Waals surface area (Å²) in [6.45, 7) is 5.08. The van der Waals surface area contributed by atoms with Crippen LogP contribution in [0, 0.1) is 6.92 Å².